The first-order valence-electron chi connectivity index (χ1n) is 8.78. The highest BCUT2D eigenvalue weighted by atomic mass is 19.1. The third kappa shape index (κ3) is 3.98. The molecular weight excluding hydrogens is 352 g/mol. The average Bonchev–Trinajstić information content (AvgIpc) is 2.80. The van der Waals surface area contributed by atoms with E-state index in [9.17, 15) is 13.6 Å². The van der Waals surface area contributed by atoms with E-state index in [1.54, 1.807) is 4.90 Å². The highest BCUT2D eigenvalue weighted by molar-refractivity contribution is 5.92. The summed E-state index contributed by atoms with van der Waals surface area (Å²) in [6, 6.07) is 4.74. The summed E-state index contributed by atoms with van der Waals surface area (Å²) < 4.78 is 28.7. The maximum atomic E-state index is 13.9. The summed E-state index contributed by atoms with van der Waals surface area (Å²) in [5.41, 5.74) is 2.40. The van der Waals surface area contributed by atoms with Gasteiger partial charge in [0.2, 0.25) is 0 Å². The van der Waals surface area contributed by atoms with Crippen LogP contribution in [0, 0.1) is 29.9 Å². The number of carbonyl (C=O) groups excluding carboxylic acids is 1. The first-order chi connectivity index (χ1) is 12.9. The van der Waals surface area contributed by atoms with Crippen LogP contribution in [0.4, 0.5) is 8.78 Å². The van der Waals surface area contributed by atoms with Crippen LogP contribution in [0.5, 0.6) is 0 Å². The molecule has 1 aliphatic heterocycles. The standard InChI is InChI=1S/C19H21F2N5O/c1-13-14(8-16(10-22)24(13)2)12-25-4-3-5-26(7-6-25)19(27)18-17(21)9-15(20)11-23-18/h8-9,11H,3-7,12H2,1-2H3. The van der Waals surface area contributed by atoms with Crippen molar-refractivity contribution >= 4 is 5.91 Å². The van der Waals surface area contributed by atoms with Crippen molar-refractivity contribution in [2.45, 2.75) is 19.9 Å². The molecule has 0 aromatic carbocycles. The zero-order valence-electron chi connectivity index (χ0n) is 15.4. The first kappa shape index (κ1) is 19.0. The van der Waals surface area contributed by atoms with Crippen molar-refractivity contribution in [3.8, 4) is 6.07 Å². The van der Waals surface area contributed by atoms with Crippen molar-refractivity contribution < 1.29 is 13.6 Å². The van der Waals surface area contributed by atoms with Crippen LogP contribution in [0.3, 0.4) is 0 Å². The fourth-order valence-electron chi connectivity index (χ4n) is 3.32. The number of aromatic nitrogens is 2. The molecule has 0 unspecified atom stereocenters. The second kappa shape index (κ2) is 7.84. The fourth-order valence-corrected chi connectivity index (χ4v) is 3.32. The molecule has 0 bridgehead atoms. The van der Waals surface area contributed by atoms with Crippen LogP contribution in [0.25, 0.3) is 0 Å². The molecule has 2 aromatic heterocycles. The zero-order chi connectivity index (χ0) is 19.6. The molecule has 0 spiro atoms. The van der Waals surface area contributed by atoms with E-state index in [0.717, 1.165) is 30.4 Å². The van der Waals surface area contributed by atoms with Crippen LogP contribution >= 0.6 is 0 Å². The molecule has 8 heteroatoms. The van der Waals surface area contributed by atoms with Gasteiger partial charge in [-0.25, -0.2) is 13.8 Å². The van der Waals surface area contributed by atoms with Gasteiger partial charge in [-0.2, -0.15) is 5.26 Å². The van der Waals surface area contributed by atoms with Crippen molar-refractivity contribution in [1.29, 1.82) is 5.26 Å². The van der Waals surface area contributed by atoms with Gasteiger partial charge in [0, 0.05) is 51.5 Å². The number of pyridine rings is 1. The maximum absolute atomic E-state index is 13.9. The Kier molecular flexibility index (Phi) is 5.51. The van der Waals surface area contributed by atoms with E-state index in [4.69, 9.17) is 5.26 Å². The van der Waals surface area contributed by atoms with Crippen molar-refractivity contribution in [2.24, 2.45) is 7.05 Å². The Hall–Kier alpha value is -2.79. The van der Waals surface area contributed by atoms with E-state index >= 15 is 0 Å². The molecule has 1 aliphatic rings. The predicted molar refractivity (Wildman–Crippen MR) is 94.8 cm³/mol. The third-order valence-electron chi connectivity index (χ3n) is 5.03. The van der Waals surface area contributed by atoms with Crippen molar-refractivity contribution in [1.82, 2.24) is 19.4 Å². The fraction of sp³-hybridized carbons (Fsp3) is 0.421. The SMILES string of the molecule is Cc1c(CN2CCCN(C(=O)c3ncc(F)cc3F)CC2)cc(C#N)n1C. The molecule has 3 heterocycles. The van der Waals surface area contributed by atoms with E-state index in [1.165, 1.54) is 0 Å². The van der Waals surface area contributed by atoms with Gasteiger partial charge >= 0.3 is 0 Å². The van der Waals surface area contributed by atoms with Gasteiger partial charge in [-0.05, 0) is 25.0 Å². The van der Waals surface area contributed by atoms with Crippen LogP contribution in [0.15, 0.2) is 18.3 Å². The second-order valence-corrected chi connectivity index (χ2v) is 6.72. The molecule has 2 aromatic rings. The van der Waals surface area contributed by atoms with E-state index in [2.05, 4.69) is 16.0 Å². The topological polar surface area (TPSA) is 65.2 Å². The largest absolute Gasteiger partial charge is 0.340 e. The average molecular weight is 373 g/mol. The smallest absolute Gasteiger partial charge is 0.275 e. The second-order valence-electron chi connectivity index (χ2n) is 6.72. The lowest BCUT2D eigenvalue weighted by molar-refractivity contribution is 0.0750. The van der Waals surface area contributed by atoms with Crippen molar-refractivity contribution in [3.63, 3.8) is 0 Å². The van der Waals surface area contributed by atoms with E-state index in [1.807, 2.05) is 24.6 Å². The minimum atomic E-state index is -0.940. The number of halogens is 2. The lowest BCUT2D eigenvalue weighted by Crippen LogP contribution is -2.36. The predicted octanol–water partition coefficient (Wildman–Crippen LogP) is 2.23. The summed E-state index contributed by atoms with van der Waals surface area (Å²) >= 11 is 0. The van der Waals surface area contributed by atoms with E-state index in [-0.39, 0.29) is 5.69 Å². The quantitative estimate of drug-likeness (QED) is 0.828. The molecule has 1 amide bonds. The highest BCUT2D eigenvalue weighted by Gasteiger charge is 2.24. The summed E-state index contributed by atoms with van der Waals surface area (Å²) in [5, 5.41) is 9.16. The Morgan fingerprint density at radius 3 is 2.70 bits per heavy atom. The molecule has 0 atom stereocenters. The molecule has 27 heavy (non-hydrogen) atoms. The van der Waals surface area contributed by atoms with Gasteiger partial charge in [0.05, 0.1) is 6.20 Å². The van der Waals surface area contributed by atoms with Gasteiger partial charge in [0.15, 0.2) is 11.5 Å². The third-order valence-corrected chi connectivity index (χ3v) is 5.03. The number of carbonyl (C=O) groups is 1. The Balaban J connectivity index is 1.67. The van der Waals surface area contributed by atoms with Crippen molar-refractivity contribution in [2.75, 3.05) is 26.2 Å². The Labute approximate surface area is 156 Å². The number of rotatable bonds is 3. The monoisotopic (exact) mass is 373 g/mol. The number of nitriles is 1. The molecule has 142 valence electrons. The van der Waals surface area contributed by atoms with Crippen LogP contribution in [-0.2, 0) is 13.6 Å². The lowest BCUT2D eigenvalue weighted by Gasteiger charge is -2.22. The van der Waals surface area contributed by atoms with Gasteiger partial charge in [-0.15, -0.1) is 0 Å². The van der Waals surface area contributed by atoms with Crippen LogP contribution in [0.1, 0.15) is 33.9 Å². The van der Waals surface area contributed by atoms with Gasteiger partial charge in [0.1, 0.15) is 17.6 Å². The molecule has 3 rings (SSSR count). The summed E-state index contributed by atoms with van der Waals surface area (Å²) in [5.74, 6) is -2.26. The normalized spacial score (nSPS) is 15.4. The molecule has 0 saturated carbocycles. The maximum Gasteiger partial charge on any atom is 0.275 e. The summed E-state index contributed by atoms with van der Waals surface area (Å²) in [6.45, 7) is 5.02. The Morgan fingerprint density at radius 2 is 2.04 bits per heavy atom. The van der Waals surface area contributed by atoms with Gasteiger partial charge in [-0.1, -0.05) is 0 Å². The molecule has 6 nitrogen and oxygen atoms in total. The molecule has 1 saturated heterocycles. The minimum absolute atomic E-state index is 0.345. The highest BCUT2D eigenvalue weighted by Crippen LogP contribution is 2.18. The number of nitrogens with zero attached hydrogens (tertiary/aromatic N) is 5. The van der Waals surface area contributed by atoms with Crippen LogP contribution < -0.4 is 0 Å². The Bertz CT molecular complexity index is 902. The number of amides is 1. The molecule has 0 N–H and O–H groups in total. The lowest BCUT2D eigenvalue weighted by atomic mass is 10.2. The van der Waals surface area contributed by atoms with Gasteiger partial charge in [-0.3, -0.25) is 9.69 Å². The van der Waals surface area contributed by atoms with Gasteiger partial charge < -0.3 is 9.47 Å². The molecule has 0 radical (unpaired) electrons. The minimum Gasteiger partial charge on any atom is -0.340 e. The molecule has 0 aliphatic carbocycles. The first-order valence-corrected chi connectivity index (χ1v) is 8.78. The van der Waals surface area contributed by atoms with E-state index in [0.29, 0.717) is 37.9 Å². The summed E-state index contributed by atoms with van der Waals surface area (Å²) in [4.78, 5) is 19.9. The van der Waals surface area contributed by atoms with Crippen LogP contribution in [-0.4, -0.2) is 51.4 Å². The Morgan fingerprint density at radius 1 is 1.26 bits per heavy atom. The number of hydrogen-bond donors (Lipinski definition) is 0. The molecule has 1 fully saturated rings. The summed E-state index contributed by atoms with van der Waals surface area (Å²) in [6.07, 6.45) is 1.59. The van der Waals surface area contributed by atoms with Crippen molar-refractivity contribution in [3.05, 3.63) is 52.6 Å². The number of hydrogen-bond acceptors (Lipinski definition) is 4. The van der Waals surface area contributed by atoms with E-state index < -0.39 is 17.5 Å². The summed E-state index contributed by atoms with van der Waals surface area (Å²) in [7, 11) is 1.87. The molecular formula is C19H21F2N5O. The van der Waals surface area contributed by atoms with Gasteiger partial charge in [0.25, 0.3) is 5.91 Å². The van der Waals surface area contributed by atoms with Crippen LogP contribution in [0.2, 0.25) is 0 Å². The zero-order valence-corrected chi connectivity index (χ0v) is 15.4.